The number of pyridine rings is 1. The van der Waals surface area contributed by atoms with E-state index in [1.807, 2.05) is 12.1 Å². The van der Waals surface area contributed by atoms with Crippen molar-refractivity contribution in [2.75, 3.05) is 31.8 Å². The molecule has 0 amide bonds. The summed E-state index contributed by atoms with van der Waals surface area (Å²) in [5, 5.41) is 0.823. The Morgan fingerprint density at radius 3 is 3.09 bits per heavy atom. The highest BCUT2D eigenvalue weighted by atomic mass is 16.5. The van der Waals surface area contributed by atoms with E-state index in [2.05, 4.69) is 22.9 Å². The van der Waals surface area contributed by atoms with Crippen molar-refractivity contribution in [2.45, 2.75) is 19.4 Å². The van der Waals surface area contributed by atoms with Gasteiger partial charge < -0.3 is 14.4 Å². The van der Waals surface area contributed by atoms with E-state index in [-0.39, 0.29) is 5.97 Å². The zero-order valence-corrected chi connectivity index (χ0v) is 12.9. The number of hydrogen-bond acceptors (Lipinski definition) is 5. The molecule has 1 saturated heterocycles. The normalized spacial score (nSPS) is 19.0. The third-order valence-corrected chi connectivity index (χ3v) is 4.04. The number of rotatable bonds is 2. The van der Waals surface area contributed by atoms with Gasteiger partial charge in [-0.2, -0.15) is 0 Å². The predicted molar refractivity (Wildman–Crippen MR) is 85.3 cm³/mol. The van der Waals surface area contributed by atoms with Crippen molar-refractivity contribution in [1.29, 1.82) is 0 Å². The Morgan fingerprint density at radius 2 is 2.27 bits per heavy atom. The van der Waals surface area contributed by atoms with Crippen LogP contribution in [0.2, 0.25) is 0 Å². The molecule has 2 aromatic rings. The predicted octanol–water partition coefficient (Wildman–Crippen LogP) is 2.64. The van der Waals surface area contributed by atoms with Gasteiger partial charge in [0, 0.05) is 36.5 Å². The number of fused-ring (bicyclic) bond motifs is 1. The summed E-state index contributed by atoms with van der Waals surface area (Å²) < 4.78 is 10.5. The molecule has 0 N–H and O–H groups in total. The first kappa shape index (κ1) is 14.8. The fraction of sp³-hybridized carbons (Fsp3) is 0.412. The minimum Gasteiger partial charge on any atom is -0.465 e. The summed E-state index contributed by atoms with van der Waals surface area (Å²) in [4.78, 5) is 18.6. The van der Waals surface area contributed by atoms with E-state index in [9.17, 15) is 4.79 Å². The average Bonchev–Trinajstić information content (AvgIpc) is 2.77. The van der Waals surface area contributed by atoms with Crippen LogP contribution >= 0.6 is 0 Å². The fourth-order valence-corrected chi connectivity index (χ4v) is 2.89. The summed E-state index contributed by atoms with van der Waals surface area (Å²) in [6.45, 7) is 4.61. The third-order valence-electron chi connectivity index (χ3n) is 4.04. The van der Waals surface area contributed by atoms with Crippen molar-refractivity contribution >= 4 is 22.6 Å². The number of nitrogens with zero attached hydrogens (tertiary/aromatic N) is 2. The lowest BCUT2D eigenvalue weighted by Gasteiger charge is -2.29. The minimum absolute atomic E-state index is 0.304. The lowest BCUT2D eigenvalue weighted by Crippen LogP contribution is -2.35. The van der Waals surface area contributed by atoms with Gasteiger partial charge in [-0.15, -0.1) is 0 Å². The van der Waals surface area contributed by atoms with Gasteiger partial charge in [-0.25, -0.2) is 4.79 Å². The van der Waals surface area contributed by atoms with Crippen LogP contribution in [0.25, 0.3) is 10.9 Å². The Labute approximate surface area is 129 Å². The molecule has 1 aromatic heterocycles. The number of methoxy groups -OCH3 is 1. The molecule has 0 saturated carbocycles. The molecule has 5 nitrogen and oxygen atoms in total. The second-order valence-electron chi connectivity index (χ2n) is 5.52. The second kappa shape index (κ2) is 6.32. The molecule has 0 unspecified atom stereocenters. The van der Waals surface area contributed by atoms with E-state index < -0.39 is 0 Å². The molecule has 1 fully saturated rings. The molecule has 1 aromatic carbocycles. The van der Waals surface area contributed by atoms with Crippen molar-refractivity contribution in [3.05, 3.63) is 36.0 Å². The molecule has 0 radical (unpaired) electrons. The van der Waals surface area contributed by atoms with E-state index in [0.717, 1.165) is 42.8 Å². The fourth-order valence-electron chi connectivity index (χ4n) is 2.89. The van der Waals surface area contributed by atoms with E-state index in [1.54, 1.807) is 12.3 Å². The molecule has 22 heavy (non-hydrogen) atoms. The minimum atomic E-state index is -0.336. The Morgan fingerprint density at radius 1 is 1.41 bits per heavy atom. The number of hydrogen-bond donors (Lipinski definition) is 0. The van der Waals surface area contributed by atoms with Gasteiger partial charge in [-0.3, -0.25) is 4.98 Å². The molecule has 1 aliphatic rings. The highest BCUT2D eigenvalue weighted by molar-refractivity contribution is 6.04. The highest BCUT2D eigenvalue weighted by Gasteiger charge is 2.19. The summed E-state index contributed by atoms with van der Waals surface area (Å²) in [5.74, 6) is -0.336. The Hall–Kier alpha value is -2.14. The van der Waals surface area contributed by atoms with Gasteiger partial charge in [-0.1, -0.05) is 0 Å². The summed E-state index contributed by atoms with van der Waals surface area (Å²) in [6.07, 6.45) is 2.63. The number of ether oxygens (including phenoxy) is 2. The molecule has 1 atom stereocenters. The molecular formula is C17H20N2O3. The maximum atomic E-state index is 12.0. The quantitative estimate of drug-likeness (QED) is 0.798. The number of benzene rings is 1. The first-order valence-electron chi connectivity index (χ1n) is 7.52. The zero-order chi connectivity index (χ0) is 15.5. The van der Waals surface area contributed by atoms with Crippen LogP contribution in [0.3, 0.4) is 0 Å². The Bertz CT molecular complexity index is 687. The van der Waals surface area contributed by atoms with Crippen LogP contribution in [0.5, 0.6) is 0 Å². The number of aromatic nitrogens is 1. The first-order chi connectivity index (χ1) is 10.7. The van der Waals surface area contributed by atoms with Gasteiger partial charge in [0.2, 0.25) is 0 Å². The number of anilines is 1. The zero-order valence-electron chi connectivity index (χ0n) is 12.9. The van der Waals surface area contributed by atoms with E-state index in [0.29, 0.717) is 11.6 Å². The number of carbonyl (C=O) groups is 1. The van der Waals surface area contributed by atoms with Crippen molar-refractivity contribution < 1.29 is 14.3 Å². The largest absolute Gasteiger partial charge is 0.465 e. The van der Waals surface area contributed by atoms with E-state index in [1.165, 1.54) is 7.11 Å². The summed E-state index contributed by atoms with van der Waals surface area (Å²) in [6, 6.07) is 8.04. The van der Waals surface area contributed by atoms with Crippen molar-refractivity contribution in [3.63, 3.8) is 0 Å². The van der Waals surface area contributed by atoms with Gasteiger partial charge in [-0.05, 0) is 37.6 Å². The summed E-state index contributed by atoms with van der Waals surface area (Å²) >= 11 is 0. The van der Waals surface area contributed by atoms with Crippen LogP contribution in [0, 0.1) is 0 Å². The summed E-state index contributed by atoms with van der Waals surface area (Å²) in [7, 11) is 1.40. The molecule has 0 bridgehead atoms. The van der Waals surface area contributed by atoms with Crippen LogP contribution in [0.1, 0.15) is 23.7 Å². The Kier molecular flexibility index (Phi) is 4.24. The molecule has 2 heterocycles. The smallest absolute Gasteiger partial charge is 0.338 e. The summed E-state index contributed by atoms with van der Waals surface area (Å²) in [5.41, 5.74) is 2.43. The topological polar surface area (TPSA) is 51.7 Å². The van der Waals surface area contributed by atoms with Gasteiger partial charge >= 0.3 is 5.97 Å². The number of carbonyl (C=O) groups excluding carboxylic acids is 1. The van der Waals surface area contributed by atoms with Gasteiger partial charge in [0.25, 0.3) is 0 Å². The highest BCUT2D eigenvalue weighted by Crippen LogP contribution is 2.26. The van der Waals surface area contributed by atoms with E-state index in [4.69, 9.17) is 9.47 Å². The van der Waals surface area contributed by atoms with Crippen molar-refractivity contribution in [1.82, 2.24) is 4.98 Å². The van der Waals surface area contributed by atoms with E-state index >= 15 is 0 Å². The SMILES string of the molecule is COC(=O)c1ccnc2ccc(N3CCCOC[C@@H]3C)cc12. The second-order valence-corrected chi connectivity index (χ2v) is 5.52. The monoisotopic (exact) mass is 300 g/mol. The molecule has 0 spiro atoms. The van der Waals surface area contributed by atoms with Crippen LogP contribution in [-0.2, 0) is 9.47 Å². The van der Waals surface area contributed by atoms with Crippen LogP contribution in [-0.4, -0.2) is 43.9 Å². The first-order valence-corrected chi connectivity index (χ1v) is 7.52. The Balaban J connectivity index is 2.06. The number of esters is 1. The maximum Gasteiger partial charge on any atom is 0.338 e. The lowest BCUT2D eigenvalue weighted by molar-refractivity contribution is 0.0603. The van der Waals surface area contributed by atoms with Gasteiger partial charge in [0.1, 0.15) is 0 Å². The molecular weight excluding hydrogens is 280 g/mol. The van der Waals surface area contributed by atoms with Crippen LogP contribution in [0.15, 0.2) is 30.5 Å². The van der Waals surface area contributed by atoms with Gasteiger partial charge in [0.15, 0.2) is 0 Å². The van der Waals surface area contributed by atoms with Crippen molar-refractivity contribution in [2.24, 2.45) is 0 Å². The molecule has 0 aliphatic carbocycles. The standard InChI is InChI=1S/C17H20N2O3/c1-12-11-22-9-3-8-19(12)13-4-5-16-15(10-13)14(6-7-18-16)17(20)21-2/h4-7,10,12H,3,8-9,11H2,1-2H3/t12-/m0/s1. The third kappa shape index (κ3) is 2.76. The van der Waals surface area contributed by atoms with Crippen LogP contribution < -0.4 is 4.90 Å². The molecule has 116 valence electrons. The van der Waals surface area contributed by atoms with Crippen LogP contribution in [0.4, 0.5) is 5.69 Å². The molecule has 3 rings (SSSR count). The molecule has 5 heteroatoms. The van der Waals surface area contributed by atoms with Gasteiger partial charge in [0.05, 0.1) is 24.8 Å². The lowest BCUT2D eigenvalue weighted by atomic mass is 10.1. The maximum absolute atomic E-state index is 12.0. The molecule has 1 aliphatic heterocycles. The average molecular weight is 300 g/mol. The van der Waals surface area contributed by atoms with Crippen molar-refractivity contribution in [3.8, 4) is 0 Å².